The van der Waals surface area contributed by atoms with E-state index < -0.39 is 22.8 Å². The fraction of sp³-hybridized carbons (Fsp3) is 0.846. The Kier molecular flexibility index (Phi) is 4.59. The van der Waals surface area contributed by atoms with Crippen molar-refractivity contribution in [3.8, 4) is 0 Å². The molecule has 5 aliphatic carbocycles. The highest BCUT2D eigenvalue weighted by molar-refractivity contribution is 5.86. The first-order valence-corrected chi connectivity index (χ1v) is 12.8. The number of hydrogen-bond donors (Lipinski definition) is 1. The number of carbonyl (C=O) groups excluding carboxylic acids is 1. The number of rotatable bonds is 3. The van der Waals surface area contributed by atoms with Crippen molar-refractivity contribution >= 4 is 5.78 Å². The number of carbonyl (C=O) groups is 1. The van der Waals surface area contributed by atoms with Crippen molar-refractivity contribution in [2.24, 2.45) is 46.3 Å². The second kappa shape index (κ2) is 6.86. The van der Waals surface area contributed by atoms with Gasteiger partial charge in [-0.25, -0.2) is 0 Å². The van der Waals surface area contributed by atoms with E-state index in [9.17, 15) is 23.1 Å². The fourth-order valence-corrected chi connectivity index (χ4v) is 9.82. The maximum Gasteiger partial charge on any atom is 0.419 e. The van der Waals surface area contributed by atoms with Gasteiger partial charge in [-0.05, 0) is 99.2 Å². The van der Waals surface area contributed by atoms with Gasteiger partial charge in [0.05, 0.1) is 17.4 Å². The Morgan fingerprint density at radius 2 is 1.91 bits per heavy atom. The van der Waals surface area contributed by atoms with Crippen LogP contribution < -0.4 is 0 Å². The summed E-state index contributed by atoms with van der Waals surface area (Å²) < 4.78 is 40.7. The van der Waals surface area contributed by atoms with Crippen LogP contribution in [0.1, 0.15) is 77.2 Å². The lowest BCUT2D eigenvalue weighted by molar-refractivity contribution is -0.205. The summed E-state index contributed by atoms with van der Waals surface area (Å²) >= 11 is 0. The first kappa shape index (κ1) is 22.1. The number of alkyl halides is 3. The SMILES string of the molecule is C[C@]12C[C@H]3C[C@H]3[C@@H]1CC[C@@H]1[C@H]3[C@@H](CCC[C@@]3(C)O)CC[C@]12C(=O)Cn1cc(C(F)(F)F)cn1. The third-order valence-corrected chi connectivity index (χ3v) is 11.0. The molecule has 0 amide bonds. The molecule has 6 rings (SSSR count). The van der Waals surface area contributed by atoms with Crippen molar-refractivity contribution in [1.29, 1.82) is 0 Å². The van der Waals surface area contributed by atoms with E-state index in [-0.39, 0.29) is 29.6 Å². The number of hydrogen-bond acceptors (Lipinski definition) is 3. The average Bonchev–Trinajstić information content (AvgIpc) is 3.16. The molecule has 182 valence electrons. The number of halogens is 3. The van der Waals surface area contributed by atoms with Crippen LogP contribution in [0.25, 0.3) is 0 Å². The molecular formula is C26H35F3N2O2. The topological polar surface area (TPSA) is 55.1 Å². The first-order chi connectivity index (χ1) is 15.5. The second-order valence-corrected chi connectivity index (χ2v) is 12.5. The van der Waals surface area contributed by atoms with Crippen molar-refractivity contribution in [2.75, 3.05) is 0 Å². The van der Waals surface area contributed by atoms with Gasteiger partial charge in [0.15, 0.2) is 5.78 Å². The van der Waals surface area contributed by atoms with Crippen LogP contribution in [0, 0.1) is 46.3 Å². The highest BCUT2D eigenvalue weighted by Crippen LogP contribution is 2.77. The first-order valence-electron chi connectivity index (χ1n) is 12.8. The summed E-state index contributed by atoms with van der Waals surface area (Å²) in [7, 11) is 0. The van der Waals surface area contributed by atoms with Gasteiger partial charge in [-0.2, -0.15) is 18.3 Å². The molecule has 9 atom stereocenters. The molecule has 0 aromatic carbocycles. The van der Waals surface area contributed by atoms with Crippen LogP contribution in [0.5, 0.6) is 0 Å². The third kappa shape index (κ3) is 2.99. The van der Waals surface area contributed by atoms with Gasteiger partial charge >= 0.3 is 6.18 Å². The minimum Gasteiger partial charge on any atom is -0.390 e. The van der Waals surface area contributed by atoms with Crippen molar-refractivity contribution in [3.63, 3.8) is 0 Å². The van der Waals surface area contributed by atoms with Crippen LogP contribution in [0.2, 0.25) is 0 Å². The Bertz CT molecular complexity index is 971. The van der Waals surface area contributed by atoms with Crippen LogP contribution >= 0.6 is 0 Å². The van der Waals surface area contributed by atoms with E-state index in [0.717, 1.165) is 63.8 Å². The van der Waals surface area contributed by atoms with E-state index in [4.69, 9.17) is 0 Å². The van der Waals surface area contributed by atoms with E-state index >= 15 is 0 Å². The van der Waals surface area contributed by atoms with Crippen LogP contribution in [0.3, 0.4) is 0 Å². The van der Waals surface area contributed by atoms with Gasteiger partial charge in [-0.15, -0.1) is 0 Å². The maximum atomic E-state index is 14.3. The summed E-state index contributed by atoms with van der Waals surface area (Å²) in [6.45, 7) is 4.17. The molecule has 0 radical (unpaired) electrons. The molecule has 5 saturated carbocycles. The standard InChI is InChI=1S/C26H35F3N2O2/c1-23-11-16-10-18(16)19(23)5-6-20-22-15(4-3-8-24(22,2)33)7-9-25(20,23)21(32)14-31-13-17(12-30-31)26(27,28)29/h12-13,15-16,18-20,22,33H,3-11,14H2,1-2H3/t15-,16+,18+,19-,20+,22+,23-,24+,25+/m0/s1. The maximum absolute atomic E-state index is 14.3. The van der Waals surface area contributed by atoms with Gasteiger partial charge in [0.25, 0.3) is 0 Å². The van der Waals surface area contributed by atoms with E-state index in [0.29, 0.717) is 23.7 Å². The smallest absolute Gasteiger partial charge is 0.390 e. The number of fused-ring (bicyclic) bond motifs is 7. The minimum absolute atomic E-state index is 0.0534. The van der Waals surface area contributed by atoms with Crippen LogP contribution in [0.15, 0.2) is 12.4 Å². The number of aromatic nitrogens is 2. The van der Waals surface area contributed by atoms with Gasteiger partial charge in [0, 0.05) is 11.6 Å². The summed E-state index contributed by atoms with van der Waals surface area (Å²) in [6.07, 6.45) is 6.40. The van der Waals surface area contributed by atoms with Crippen molar-refractivity contribution in [3.05, 3.63) is 18.0 Å². The minimum atomic E-state index is -4.46. The van der Waals surface area contributed by atoms with Crippen LogP contribution in [-0.2, 0) is 17.5 Å². The molecule has 0 aliphatic heterocycles. The van der Waals surface area contributed by atoms with Crippen molar-refractivity contribution in [2.45, 2.75) is 90.0 Å². The van der Waals surface area contributed by atoms with Crippen molar-refractivity contribution < 1.29 is 23.1 Å². The zero-order valence-corrected chi connectivity index (χ0v) is 19.6. The van der Waals surface area contributed by atoms with Crippen LogP contribution in [-0.4, -0.2) is 26.3 Å². The van der Waals surface area contributed by atoms with Crippen molar-refractivity contribution in [1.82, 2.24) is 9.78 Å². The Hall–Kier alpha value is -1.37. The fourth-order valence-electron chi connectivity index (χ4n) is 9.82. The zero-order valence-electron chi connectivity index (χ0n) is 19.6. The summed E-state index contributed by atoms with van der Waals surface area (Å²) in [5.74, 6) is 2.64. The molecule has 1 aromatic heterocycles. The van der Waals surface area contributed by atoms with Gasteiger partial charge in [0.1, 0.15) is 6.54 Å². The Balaban J connectivity index is 1.40. The van der Waals surface area contributed by atoms with Gasteiger partial charge in [-0.1, -0.05) is 13.3 Å². The lowest BCUT2D eigenvalue weighted by atomic mass is 9.38. The molecule has 7 heteroatoms. The number of nitrogens with zero attached hydrogens (tertiary/aromatic N) is 2. The molecule has 33 heavy (non-hydrogen) atoms. The lowest BCUT2D eigenvalue weighted by Crippen LogP contribution is -2.65. The molecule has 0 spiro atoms. The summed E-state index contributed by atoms with van der Waals surface area (Å²) in [6, 6.07) is 0. The molecule has 1 heterocycles. The van der Waals surface area contributed by atoms with E-state index in [1.165, 1.54) is 11.1 Å². The van der Waals surface area contributed by atoms with Gasteiger partial charge < -0.3 is 5.11 Å². The van der Waals surface area contributed by atoms with E-state index in [1.54, 1.807) is 0 Å². The van der Waals surface area contributed by atoms with E-state index in [2.05, 4.69) is 12.0 Å². The molecule has 4 nitrogen and oxygen atoms in total. The molecule has 1 N–H and O–H groups in total. The molecule has 1 aromatic rings. The second-order valence-electron chi connectivity index (χ2n) is 12.5. The largest absolute Gasteiger partial charge is 0.419 e. The predicted molar refractivity (Wildman–Crippen MR) is 116 cm³/mol. The number of ketones is 1. The highest BCUT2D eigenvalue weighted by atomic mass is 19.4. The quantitative estimate of drug-likeness (QED) is 0.644. The van der Waals surface area contributed by atoms with Crippen LogP contribution in [0.4, 0.5) is 13.2 Å². The molecular weight excluding hydrogens is 429 g/mol. The average molecular weight is 465 g/mol. The molecule has 5 aliphatic rings. The summed E-state index contributed by atoms with van der Waals surface area (Å²) in [4.78, 5) is 14.3. The molecule has 0 bridgehead atoms. The molecule has 0 unspecified atom stereocenters. The number of aliphatic hydroxyl groups is 1. The number of Topliss-reactive ketones (excluding diaryl/α,β-unsaturated/α-hetero) is 1. The zero-order chi connectivity index (χ0) is 23.4. The molecule has 0 saturated heterocycles. The normalized spacial score (nSPS) is 48.4. The van der Waals surface area contributed by atoms with Gasteiger partial charge in [-0.3, -0.25) is 9.48 Å². The molecule has 5 fully saturated rings. The summed E-state index contributed by atoms with van der Waals surface area (Å²) in [5, 5.41) is 15.4. The Morgan fingerprint density at radius 3 is 2.64 bits per heavy atom. The van der Waals surface area contributed by atoms with E-state index in [1.807, 2.05) is 6.92 Å². The third-order valence-electron chi connectivity index (χ3n) is 11.0. The lowest BCUT2D eigenvalue weighted by Gasteiger charge is -2.65. The predicted octanol–water partition coefficient (Wildman–Crippen LogP) is 5.49. The Morgan fingerprint density at radius 1 is 1.15 bits per heavy atom. The van der Waals surface area contributed by atoms with Gasteiger partial charge in [0.2, 0.25) is 0 Å². The Labute approximate surface area is 193 Å². The summed E-state index contributed by atoms with van der Waals surface area (Å²) in [5.41, 5.74) is -2.28. The highest BCUT2D eigenvalue weighted by Gasteiger charge is 2.73. The monoisotopic (exact) mass is 464 g/mol.